The Morgan fingerprint density at radius 2 is 1.75 bits per heavy atom. The lowest BCUT2D eigenvalue weighted by atomic mass is 9.99. The molecule has 0 radical (unpaired) electrons. The Morgan fingerprint density at radius 3 is 2.61 bits per heavy atom. The van der Waals surface area contributed by atoms with Crippen molar-refractivity contribution in [3.8, 4) is 0 Å². The molecule has 146 valence electrons. The minimum absolute atomic E-state index is 0.169. The van der Waals surface area contributed by atoms with E-state index < -0.39 is 0 Å². The first kappa shape index (κ1) is 18.6. The minimum Gasteiger partial charge on any atom is -0.312 e. The number of non-ortho nitro benzene ring substituents is 1. The molecule has 6 heteroatoms. The van der Waals surface area contributed by atoms with Crippen LogP contribution in [0, 0.1) is 10.1 Å². The van der Waals surface area contributed by atoms with Gasteiger partial charge in [-0.1, -0.05) is 24.3 Å². The first-order valence-electron chi connectivity index (χ1n) is 9.98. The molecule has 2 aliphatic rings. The van der Waals surface area contributed by atoms with E-state index in [2.05, 4.69) is 11.0 Å². The van der Waals surface area contributed by atoms with Crippen LogP contribution in [0.25, 0.3) is 0 Å². The molecule has 0 spiro atoms. The van der Waals surface area contributed by atoms with Gasteiger partial charge in [-0.05, 0) is 55.0 Å². The number of carbonyl (C=O) groups is 1. The first-order valence-corrected chi connectivity index (χ1v) is 9.98. The van der Waals surface area contributed by atoms with Gasteiger partial charge in [0.2, 0.25) is 5.91 Å². The summed E-state index contributed by atoms with van der Waals surface area (Å²) in [7, 11) is 0. The van der Waals surface area contributed by atoms with E-state index in [1.165, 1.54) is 11.1 Å². The molecule has 0 aromatic heterocycles. The fourth-order valence-electron chi connectivity index (χ4n) is 4.25. The van der Waals surface area contributed by atoms with E-state index in [0.717, 1.165) is 63.1 Å². The average Bonchev–Trinajstić information content (AvgIpc) is 2.71. The summed E-state index contributed by atoms with van der Waals surface area (Å²) in [5.41, 5.74) is 4.79. The van der Waals surface area contributed by atoms with Gasteiger partial charge in [0.1, 0.15) is 0 Å². The molecule has 1 amide bonds. The van der Waals surface area contributed by atoms with Crippen LogP contribution in [0.2, 0.25) is 0 Å². The Morgan fingerprint density at radius 1 is 0.929 bits per heavy atom. The molecule has 0 saturated heterocycles. The maximum absolute atomic E-state index is 12.3. The van der Waals surface area contributed by atoms with Crippen molar-refractivity contribution in [2.24, 2.45) is 0 Å². The molecule has 0 fully saturated rings. The van der Waals surface area contributed by atoms with Crippen LogP contribution >= 0.6 is 0 Å². The number of anilines is 1. The van der Waals surface area contributed by atoms with Gasteiger partial charge in [0.15, 0.2) is 0 Å². The van der Waals surface area contributed by atoms with Gasteiger partial charge >= 0.3 is 0 Å². The summed E-state index contributed by atoms with van der Waals surface area (Å²) in [6, 6.07) is 13.4. The third-order valence-electron chi connectivity index (χ3n) is 5.79. The summed E-state index contributed by atoms with van der Waals surface area (Å²) in [6.07, 6.45) is 4.34. The quantitative estimate of drug-likeness (QED) is 0.436. The van der Waals surface area contributed by atoms with E-state index in [1.54, 1.807) is 12.1 Å². The van der Waals surface area contributed by atoms with Crippen molar-refractivity contribution in [1.82, 2.24) is 4.90 Å². The van der Waals surface area contributed by atoms with E-state index >= 15 is 0 Å². The number of nitro benzene ring substituents is 1. The van der Waals surface area contributed by atoms with Gasteiger partial charge in [0.25, 0.3) is 5.69 Å². The van der Waals surface area contributed by atoms with Gasteiger partial charge in [-0.15, -0.1) is 0 Å². The molecule has 0 saturated carbocycles. The van der Waals surface area contributed by atoms with E-state index in [0.29, 0.717) is 6.42 Å². The van der Waals surface area contributed by atoms with Crippen LogP contribution in [0.1, 0.15) is 36.0 Å². The Kier molecular flexibility index (Phi) is 5.39. The summed E-state index contributed by atoms with van der Waals surface area (Å²) in [5, 5.41) is 11.0. The van der Waals surface area contributed by atoms with Crippen LogP contribution in [0.4, 0.5) is 11.4 Å². The third-order valence-corrected chi connectivity index (χ3v) is 5.79. The topological polar surface area (TPSA) is 66.7 Å². The Labute approximate surface area is 164 Å². The fourth-order valence-corrected chi connectivity index (χ4v) is 4.25. The minimum atomic E-state index is -0.327. The number of nitrogens with zero attached hydrogens (tertiary/aromatic N) is 3. The zero-order chi connectivity index (χ0) is 19.5. The third kappa shape index (κ3) is 3.92. The van der Waals surface area contributed by atoms with Crippen molar-refractivity contribution < 1.29 is 9.72 Å². The maximum Gasteiger partial charge on any atom is 0.269 e. The highest BCUT2D eigenvalue weighted by atomic mass is 16.6. The zero-order valence-corrected chi connectivity index (χ0v) is 16.0. The number of para-hydroxylation sites is 1. The molecule has 2 aromatic rings. The second kappa shape index (κ2) is 8.10. The molecule has 0 unspecified atom stereocenters. The van der Waals surface area contributed by atoms with Gasteiger partial charge < -0.3 is 4.90 Å². The van der Waals surface area contributed by atoms with Crippen molar-refractivity contribution in [3.63, 3.8) is 0 Å². The summed E-state index contributed by atoms with van der Waals surface area (Å²) in [4.78, 5) is 27.3. The smallest absolute Gasteiger partial charge is 0.269 e. The van der Waals surface area contributed by atoms with Crippen molar-refractivity contribution in [2.45, 2.75) is 38.6 Å². The maximum atomic E-state index is 12.3. The molecular weight excluding hydrogens is 354 g/mol. The molecular formula is C22H25N3O3. The fraction of sp³-hybridized carbons (Fsp3) is 0.409. The SMILES string of the molecule is O=C1CCc2ccccc2N1CCCCN1CCc2ccc([N+](=O)[O-])cc2C1. The predicted octanol–water partition coefficient (Wildman–Crippen LogP) is 3.71. The standard InChI is InChI=1S/C22H25N3O3/c26-22-10-8-18-5-1-2-6-21(18)24(22)13-4-3-12-23-14-11-17-7-9-20(25(27)28)15-19(17)16-23/h1-2,5-7,9,15H,3-4,8,10-14,16H2. The first-order chi connectivity index (χ1) is 13.6. The van der Waals surface area contributed by atoms with Crippen molar-refractivity contribution in [1.29, 1.82) is 0 Å². The number of hydrogen-bond acceptors (Lipinski definition) is 4. The van der Waals surface area contributed by atoms with Crippen molar-refractivity contribution in [2.75, 3.05) is 24.5 Å². The normalized spacial score (nSPS) is 16.6. The number of amides is 1. The van der Waals surface area contributed by atoms with Crippen LogP contribution in [0.15, 0.2) is 42.5 Å². The molecule has 2 aliphatic heterocycles. The number of benzene rings is 2. The van der Waals surface area contributed by atoms with Gasteiger partial charge in [-0.2, -0.15) is 0 Å². The van der Waals surface area contributed by atoms with Gasteiger partial charge in [0.05, 0.1) is 4.92 Å². The summed E-state index contributed by atoms with van der Waals surface area (Å²) in [6.45, 7) is 3.45. The molecule has 4 rings (SSSR count). The monoisotopic (exact) mass is 379 g/mol. The number of unbranched alkanes of at least 4 members (excludes halogenated alkanes) is 1. The van der Waals surface area contributed by atoms with Gasteiger partial charge in [-0.3, -0.25) is 19.8 Å². The molecule has 6 nitrogen and oxygen atoms in total. The lowest BCUT2D eigenvalue weighted by Gasteiger charge is -2.31. The highest BCUT2D eigenvalue weighted by Crippen LogP contribution is 2.28. The van der Waals surface area contributed by atoms with Crippen molar-refractivity contribution in [3.05, 3.63) is 69.3 Å². The Hall–Kier alpha value is -2.73. The lowest BCUT2D eigenvalue weighted by molar-refractivity contribution is -0.385. The lowest BCUT2D eigenvalue weighted by Crippen LogP contribution is -2.36. The second-order valence-electron chi connectivity index (χ2n) is 7.62. The van der Waals surface area contributed by atoms with Crippen LogP contribution in [0.5, 0.6) is 0 Å². The highest BCUT2D eigenvalue weighted by molar-refractivity contribution is 5.96. The summed E-state index contributed by atoms with van der Waals surface area (Å²) >= 11 is 0. The van der Waals surface area contributed by atoms with Crippen molar-refractivity contribution >= 4 is 17.3 Å². The molecule has 0 atom stereocenters. The van der Waals surface area contributed by atoms with Gasteiger partial charge in [0, 0.05) is 43.9 Å². The number of fused-ring (bicyclic) bond motifs is 2. The van der Waals surface area contributed by atoms with Crippen LogP contribution in [-0.2, 0) is 24.2 Å². The molecule has 0 aliphatic carbocycles. The average molecular weight is 379 g/mol. The number of rotatable bonds is 6. The largest absolute Gasteiger partial charge is 0.312 e. The second-order valence-corrected chi connectivity index (χ2v) is 7.62. The highest BCUT2D eigenvalue weighted by Gasteiger charge is 2.23. The van der Waals surface area contributed by atoms with Crippen LogP contribution in [0.3, 0.4) is 0 Å². The Bertz CT molecular complexity index is 896. The van der Waals surface area contributed by atoms with E-state index in [-0.39, 0.29) is 16.5 Å². The summed E-state index contributed by atoms with van der Waals surface area (Å²) in [5.74, 6) is 0.220. The number of hydrogen-bond donors (Lipinski definition) is 0. The number of carbonyl (C=O) groups excluding carboxylic acids is 1. The number of aryl methyl sites for hydroxylation is 1. The summed E-state index contributed by atoms with van der Waals surface area (Å²) < 4.78 is 0. The predicted molar refractivity (Wildman–Crippen MR) is 108 cm³/mol. The van der Waals surface area contributed by atoms with E-state index in [4.69, 9.17) is 0 Å². The molecule has 0 bridgehead atoms. The van der Waals surface area contributed by atoms with E-state index in [1.807, 2.05) is 29.2 Å². The molecule has 2 heterocycles. The molecule has 2 aromatic carbocycles. The Balaban J connectivity index is 1.30. The van der Waals surface area contributed by atoms with Crippen LogP contribution in [-0.4, -0.2) is 35.4 Å². The van der Waals surface area contributed by atoms with Gasteiger partial charge in [-0.25, -0.2) is 0 Å². The number of nitro groups is 1. The molecule has 28 heavy (non-hydrogen) atoms. The zero-order valence-electron chi connectivity index (χ0n) is 16.0. The van der Waals surface area contributed by atoms with Crippen LogP contribution < -0.4 is 4.90 Å². The van der Waals surface area contributed by atoms with E-state index in [9.17, 15) is 14.9 Å². The molecule has 0 N–H and O–H groups in total.